The van der Waals surface area contributed by atoms with E-state index in [2.05, 4.69) is 4.98 Å². The van der Waals surface area contributed by atoms with E-state index in [0.717, 1.165) is 22.3 Å². The van der Waals surface area contributed by atoms with Crippen LogP contribution in [0, 0.1) is 20.8 Å². The fourth-order valence-corrected chi connectivity index (χ4v) is 4.22. The molecule has 0 amide bonds. The Morgan fingerprint density at radius 3 is 2.29 bits per heavy atom. The second-order valence-electron chi connectivity index (χ2n) is 5.89. The van der Waals surface area contributed by atoms with E-state index in [1.807, 2.05) is 39.0 Å². The van der Waals surface area contributed by atoms with Gasteiger partial charge in [0.15, 0.2) is 0 Å². The summed E-state index contributed by atoms with van der Waals surface area (Å²) in [4.78, 5) is 4.34. The van der Waals surface area contributed by atoms with E-state index in [0.29, 0.717) is 24.6 Å². The molecule has 1 aromatic carbocycles. The van der Waals surface area contributed by atoms with Gasteiger partial charge in [-0.05, 0) is 61.2 Å². The van der Waals surface area contributed by atoms with Gasteiger partial charge in [0.05, 0.1) is 11.5 Å². The first-order valence-corrected chi connectivity index (χ1v) is 9.26. The molecule has 1 heterocycles. The lowest BCUT2D eigenvalue weighted by molar-refractivity contribution is 0.177. The van der Waals surface area contributed by atoms with Crippen LogP contribution < -0.4 is 0 Å². The van der Waals surface area contributed by atoms with Gasteiger partial charge in [-0.25, -0.2) is 8.42 Å². The van der Waals surface area contributed by atoms with E-state index in [4.69, 9.17) is 4.74 Å². The highest BCUT2D eigenvalue weighted by molar-refractivity contribution is 7.89. The molecule has 2 aromatic rings. The molecule has 0 aliphatic heterocycles. The Morgan fingerprint density at radius 2 is 1.67 bits per heavy atom. The van der Waals surface area contributed by atoms with Crippen LogP contribution in [0.1, 0.15) is 22.3 Å². The van der Waals surface area contributed by atoms with Crippen LogP contribution in [0.2, 0.25) is 0 Å². The van der Waals surface area contributed by atoms with Crippen LogP contribution in [0.5, 0.6) is 0 Å². The second kappa shape index (κ2) is 7.88. The van der Waals surface area contributed by atoms with E-state index in [1.54, 1.807) is 25.6 Å². The van der Waals surface area contributed by atoms with Gasteiger partial charge in [0, 0.05) is 32.6 Å². The first-order chi connectivity index (χ1) is 11.4. The Hall–Kier alpha value is -1.76. The van der Waals surface area contributed by atoms with E-state index in [-0.39, 0.29) is 0 Å². The van der Waals surface area contributed by atoms with E-state index >= 15 is 0 Å². The summed E-state index contributed by atoms with van der Waals surface area (Å²) in [6, 6.07) is 7.32. The van der Waals surface area contributed by atoms with Crippen molar-refractivity contribution in [2.24, 2.45) is 0 Å². The SMILES string of the molecule is COCCN(Cc1ccncc1)S(=O)(=O)c1cc(C)c(C)cc1C. The quantitative estimate of drug-likeness (QED) is 0.772. The number of nitrogens with zero attached hydrogens (tertiary/aromatic N) is 2. The Morgan fingerprint density at radius 1 is 1.04 bits per heavy atom. The van der Waals surface area contributed by atoms with Crippen molar-refractivity contribution >= 4 is 10.0 Å². The van der Waals surface area contributed by atoms with Crippen LogP contribution in [0.3, 0.4) is 0 Å². The molecule has 0 spiro atoms. The van der Waals surface area contributed by atoms with Gasteiger partial charge in [-0.1, -0.05) is 6.07 Å². The number of hydrogen-bond acceptors (Lipinski definition) is 4. The maximum Gasteiger partial charge on any atom is 0.243 e. The Bertz CT molecular complexity index is 789. The predicted molar refractivity (Wildman–Crippen MR) is 94.4 cm³/mol. The number of pyridine rings is 1. The van der Waals surface area contributed by atoms with Crippen molar-refractivity contribution in [3.05, 3.63) is 58.9 Å². The summed E-state index contributed by atoms with van der Waals surface area (Å²) < 4.78 is 32.9. The van der Waals surface area contributed by atoms with Crippen molar-refractivity contribution in [2.75, 3.05) is 20.3 Å². The Labute approximate surface area is 144 Å². The molecule has 0 fully saturated rings. The molecule has 0 atom stereocenters. The molecule has 5 nitrogen and oxygen atoms in total. The minimum absolute atomic E-state index is 0.292. The van der Waals surface area contributed by atoms with Crippen molar-refractivity contribution in [1.82, 2.24) is 9.29 Å². The molecule has 2 rings (SSSR count). The van der Waals surface area contributed by atoms with Crippen molar-refractivity contribution in [3.63, 3.8) is 0 Å². The van der Waals surface area contributed by atoms with Crippen molar-refractivity contribution in [3.8, 4) is 0 Å². The molecule has 0 saturated carbocycles. The molecule has 1 aromatic heterocycles. The largest absolute Gasteiger partial charge is 0.383 e. The number of aromatic nitrogens is 1. The van der Waals surface area contributed by atoms with Gasteiger partial charge in [0.25, 0.3) is 0 Å². The number of ether oxygens (including phenoxy) is 1. The third-order valence-corrected chi connectivity index (χ3v) is 6.05. The fraction of sp³-hybridized carbons (Fsp3) is 0.389. The lowest BCUT2D eigenvalue weighted by Gasteiger charge is -2.23. The van der Waals surface area contributed by atoms with Crippen LogP contribution in [-0.4, -0.2) is 38.0 Å². The van der Waals surface area contributed by atoms with Gasteiger partial charge in [-0.3, -0.25) is 4.98 Å². The smallest absolute Gasteiger partial charge is 0.243 e. The summed E-state index contributed by atoms with van der Waals surface area (Å²) in [7, 11) is -2.04. The highest BCUT2D eigenvalue weighted by Gasteiger charge is 2.26. The molecule has 0 unspecified atom stereocenters. The molecule has 130 valence electrons. The second-order valence-corrected chi connectivity index (χ2v) is 7.80. The van der Waals surface area contributed by atoms with Crippen LogP contribution in [-0.2, 0) is 21.3 Å². The summed E-state index contributed by atoms with van der Waals surface area (Å²) >= 11 is 0. The number of rotatable bonds is 7. The Balaban J connectivity index is 2.41. The van der Waals surface area contributed by atoms with E-state index in [1.165, 1.54) is 4.31 Å². The molecule has 0 N–H and O–H groups in total. The van der Waals surface area contributed by atoms with Crippen molar-refractivity contribution in [1.29, 1.82) is 0 Å². The van der Waals surface area contributed by atoms with Crippen LogP contribution in [0.4, 0.5) is 0 Å². The van der Waals surface area contributed by atoms with Crippen molar-refractivity contribution < 1.29 is 13.2 Å². The van der Waals surface area contributed by atoms with Gasteiger partial charge >= 0.3 is 0 Å². The molecule has 0 saturated heterocycles. The molecule has 0 aliphatic carbocycles. The average molecular weight is 348 g/mol. The standard InChI is InChI=1S/C18H24N2O3S/c1-14-11-16(3)18(12-15(14)2)24(21,22)20(9-10-23-4)13-17-5-7-19-8-6-17/h5-8,11-12H,9-10,13H2,1-4H3. The summed E-state index contributed by atoms with van der Waals surface area (Å²) in [5.41, 5.74) is 3.71. The van der Waals surface area contributed by atoms with Crippen molar-refractivity contribution in [2.45, 2.75) is 32.2 Å². The zero-order valence-electron chi connectivity index (χ0n) is 14.6. The maximum absolute atomic E-state index is 13.2. The minimum Gasteiger partial charge on any atom is -0.383 e. The lowest BCUT2D eigenvalue weighted by Crippen LogP contribution is -2.34. The third kappa shape index (κ3) is 4.20. The maximum atomic E-state index is 13.2. The summed E-state index contributed by atoms with van der Waals surface area (Å²) in [5.74, 6) is 0. The first-order valence-electron chi connectivity index (χ1n) is 7.82. The van der Waals surface area contributed by atoms with Gasteiger partial charge in [-0.15, -0.1) is 0 Å². The van der Waals surface area contributed by atoms with Crippen LogP contribution in [0.15, 0.2) is 41.6 Å². The normalized spacial score (nSPS) is 11.9. The van der Waals surface area contributed by atoms with Gasteiger partial charge in [0.1, 0.15) is 0 Å². The topological polar surface area (TPSA) is 59.5 Å². The van der Waals surface area contributed by atoms with E-state index < -0.39 is 10.0 Å². The molecule has 0 bridgehead atoms. The minimum atomic E-state index is -3.61. The molecule has 0 aliphatic rings. The monoisotopic (exact) mass is 348 g/mol. The molecular weight excluding hydrogens is 324 g/mol. The fourth-order valence-electron chi connectivity index (χ4n) is 2.52. The van der Waals surface area contributed by atoms with Gasteiger partial charge in [-0.2, -0.15) is 4.31 Å². The zero-order chi connectivity index (χ0) is 17.7. The summed E-state index contributed by atoms with van der Waals surface area (Å²) in [6.07, 6.45) is 3.33. The molecule has 6 heteroatoms. The average Bonchev–Trinajstić information content (AvgIpc) is 2.55. The number of methoxy groups -OCH3 is 1. The number of hydrogen-bond donors (Lipinski definition) is 0. The third-order valence-electron chi connectivity index (χ3n) is 4.06. The molecule has 0 radical (unpaired) electrons. The summed E-state index contributed by atoms with van der Waals surface area (Å²) in [5, 5.41) is 0. The Kier molecular flexibility index (Phi) is 6.10. The summed E-state index contributed by atoms with van der Waals surface area (Å²) in [6.45, 7) is 6.68. The van der Waals surface area contributed by atoms with Gasteiger partial charge in [0.2, 0.25) is 10.0 Å². The number of sulfonamides is 1. The molecular formula is C18H24N2O3S. The predicted octanol–water partition coefficient (Wildman–Crippen LogP) is 2.84. The van der Waals surface area contributed by atoms with Crippen LogP contribution >= 0.6 is 0 Å². The zero-order valence-corrected chi connectivity index (χ0v) is 15.4. The van der Waals surface area contributed by atoms with Gasteiger partial charge < -0.3 is 4.74 Å². The lowest BCUT2D eigenvalue weighted by atomic mass is 10.1. The van der Waals surface area contributed by atoms with Crippen LogP contribution in [0.25, 0.3) is 0 Å². The number of aryl methyl sites for hydroxylation is 3. The van der Waals surface area contributed by atoms with E-state index in [9.17, 15) is 8.42 Å². The first kappa shape index (κ1) is 18.6. The highest BCUT2D eigenvalue weighted by atomic mass is 32.2. The number of benzene rings is 1. The molecule has 24 heavy (non-hydrogen) atoms. The highest BCUT2D eigenvalue weighted by Crippen LogP contribution is 2.24.